The molecule has 0 spiro atoms. The minimum atomic E-state index is -0.818. The first-order valence-corrected chi connectivity index (χ1v) is 10.2. The van der Waals surface area contributed by atoms with E-state index in [0.717, 1.165) is 17.4 Å². The molecule has 10 heteroatoms. The van der Waals surface area contributed by atoms with Gasteiger partial charge >= 0.3 is 0 Å². The standard InChI is InChI=1S/C22H25FN4O5/c1-12-19(23)22(29)27-18(24-12)11-14(25-27)15-7-5-6-8-26(15)21(28)13-9-16(30-2)20(32-4)17(10-13)31-3/h9-11,15,29H,5-8H2,1-4H3. The summed E-state index contributed by atoms with van der Waals surface area (Å²) in [5, 5.41) is 14.5. The lowest BCUT2D eigenvalue weighted by molar-refractivity contribution is 0.0604. The smallest absolute Gasteiger partial charge is 0.254 e. The van der Waals surface area contributed by atoms with E-state index >= 15 is 0 Å². The number of methoxy groups -OCH3 is 3. The summed E-state index contributed by atoms with van der Waals surface area (Å²) in [6.45, 7) is 2.00. The molecular weight excluding hydrogens is 419 g/mol. The van der Waals surface area contributed by atoms with Crippen LogP contribution >= 0.6 is 0 Å². The zero-order valence-electron chi connectivity index (χ0n) is 18.4. The minimum Gasteiger partial charge on any atom is -0.493 e. The van der Waals surface area contributed by atoms with Gasteiger partial charge in [-0.15, -0.1) is 0 Å². The maximum absolute atomic E-state index is 14.1. The van der Waals surface area contributed by atoms with Gasteiger partial charge in [-0.2, -0.15) is 14.0 Å². The van der Waals surface area contributed by atoms with E-state index in [1.54, 1.807) is 23.1 Å². The summed E-state index contributed by atoms with van der Waals surface area (Å²) in [4.78, 5) is 19.4. The van der Waals surface area contributed by atoms with Gasteiger partial charge in [0.1, 0.15) is 0 Å². The highest BCUT2D eigenvalue weighted by Gasteiger charge is 2.32. The third kappa shape index (κ3) is 3.55. The first-order chi connectivity index (χ1) is 15.4. The summed E-state index contributed by atoms with van der Waals surface area (Å²) in [5.74, 6) is -0.460. The van der Waals surface area contributed by atoms with Crippen molar-refractivity contribution in [1.29, 1.82) is 0 Å². The Kier molecular flexibility index (Phi) is 5.77. The van der Waals surface area contributed by atoms with Gasteiger partial charge in [0, 0.05) is 18.2 Å². The predicted molar refractivity (Wildman–Crippen MR) is 113 cm³/mol. The van der Waals surface area contributed by atoms with Gasteiger partial charge in [-0.1, -0.05) is 0 Å². The molecule has 1 aromatic carbocycles. The van der Waals surface area contributed by atoms with Crippen molar-refractivity contribution < 1.29 is 28.5 Å². The van der Waals surface area contributed by atoms with Crippen LogP contribution in [0.15, 0.2) is 18.2 Å². The maximum atomic E-state index is 14.1. The van der Waals surface area contributed by atoms with Gasteiger partial charge < -0.3 is 24.2 Å². The molecule has 9 nitrogen and oxygen atoms in total. The molecule has 1 aliphatic heterocycles. The summed E-state index contributed by atoms with van der Waals surface area (Å²) >= 11 is 0. The van der Waals surface area contributed by atoms with Crippen LogP contribution in [0.5, 0.6) is 23.1 Å². The second-order valence-electron chi connectivity index (χ2n) is 7.60. The molecule has 1 amide bonds. The largest absolute Gasteiger partial charge is 0.493 e. The quantitative estimate of drug-likeness (QED) is 0.645. The Morgan fingerprint density at radius 1 is 1.12 bits per heavy atom. The third-order valence-electron chi connectivity index (χ3n) is 5.72. The van der Waals surface area contributed by atoms with Crippen LogP contribution in [0, 0.1) is 12.7 Å². The van der Waals surface area contributed by atoms with Crippen molar-refractivity contribution in [3.8, 4) is 23.1 Å². The number of nitrogens with zero attached hydrogens (tertiary/aromatic N) is 4. The average Bonchev–Trinajstić information content (AvgIpc) is 3.25. The van der Waals surface area contributed by atoms with Crippen LogP contribution in [0.2, 0.25) is 0 Å². The van der Waals surface area contributed by atoms with Gasteiger partial charge in [0.25, 0.3) is 11.8 Å². The highest BCUT2D eigenvalue weighted by atomic mass is 19.1. The fourth-order valence-corrected chi connectivity index (χ4v) is 4.12. The van der Waals surface area contributed by atoms with Gasteiger partial charge in [0.05, 0.1) is 38.8 Å². The topological polar surface area (TPSA) is 98.4 Å². The Hall–Kier alpha value is -3.56. The molecule has 1 fully saturated rings. The Balaban J connectivity index is 1.74. The molecule has 0 aliphatic carbocycles. The number of fused-ring (bicyclic) bond motifs is 1. The highest BCUT2D eigenvalue weighted by molar-refractivity contribution is 5.96. The first-order valence-electron chi connectivity index (χ1n) is 10.2. The molecule has 170 valence electrons. The number of hydrogen-bond donors (Lipinski definition) is 1. The molecular formula is C22H25FN4O5. The molecule has 1 aliphatic rings. The second-order valence-corrected chi connectivity index (χ2v) is 7.60. The lowest BCUT2D eigenvalue weighted by atomic mass is 9.98. The summed E-state index contributed by atoms with van der Waals surface area (Å²) in [6, 6.07) is 4.56. The van der Waals surface area contributed by atoms with Gasteiger partial charge in [-0.25, -0.2) is 4.98 Å². The molecule has 32 heavy (non-hydrogen) atoms. The summed E-state index contributed by atoms with van der Waals surface area (Å²) in [6.07, 6.45) is 2.43. The van der Waals surface area contributed by atoms with E-state index in [2.05, 4.69) is 10.1 Å². The van der Waals surface area contributed by atoms with E-state index in [1.165, 1.54) is 28.3 Å². The van der Waals surface area contributed by atoms with E-state index in [0.29, 0.717) is 47.1 Å². The summed E-state index contributed by atoms with van der Waals surface area (Å²) in [7, 11) is 4.49. The Labute approximate surface area is 184 Å². The molecule has 2 aromatic heterocycles. The number of aromatic nitrogens is 3. The summed E-state index contributed by atoms with van der Waals surface area (Å²) < 4.78 is 31.2. The molecule has 3 heterocycles. The average molecular weight is 444 g/mol. The van der Waals surface area contributed by atoms with Crippen LogP contribution < -0.4 is 14.2 Å². The normalized spacial score (nSPS) is 16.3. The maximum Gasteiger partial charge on any atom is 0.254 e. The van der Waals surface area contributed by atoms with E-state index in [-0.39, 0.29) is 17.6 Å². The summed E-state index contributed by atoms with van der Waals surface area (Å²) in [5.41, 5.74) is 1.33. The zero-order chi connectivity index (χ0) is 23.0. The van der Waals surface area contributed by atoms with E-state index in [1.807, 2.05) is 0 Å². The Bertz CT molecular complexity index is 1150. The van der Waals surface area contributed by atoms with E-state index < -0.39 is 11.7 Å². The number of ether oxygens (including phenoxy) is 3. The van der Waals surface area contributed by atoms with Crippen molar-refractivity contribution in [1.82, 2.24) is 19.5 Å². The number of likely N-dealkylation sites (tertiary alicyclic amines) is 1. The van der Waals surface area contributed by atoms with Crippen molar-refractivity contribution >= 4 is 11.6 Å². The van der Waals surface area contributed by atoms with E-state index in [9.17, 15) is 14.3 Å². The van der Waals surface area contributed by atoms with Gasteiger partial charge in [-0.05, 0) is 38.3 Å². The molecule has 4 rings (SSSR count). The molecule has 1 saturated heterocycles. The van der Waals surface area contributed by atoms with Crippen LogP contribution in [0.25, 0.3) is 5.65 Å². The number of carbonyl (C=O) groups is 1. The van der Waals surface area contributed by atoms with Crippen LogP contribution in [-0.2, 0) is 0 Å². The third-order valence-corrected chi connectivity index (χ3v) is 5.72. The number of piperidine rings is 1. The van der Waals surface area contributed by atoms with Crippen molar-refractivity contribution in [2.24, 2.45) is 0 Å². The molecule has 3 aromatic rings. The van der Waals surface area contributed by atoms with Crippen LogP contribution in [0.1, 0.15) is 47.1 Å². The van der Waals surface area contributed by atoms with Crippen molar-refractivity contribution in [2.75, 3.05) is 27.9 Å². The molecule has 0 saturated carbocycles. The number of carbonyl (C=O) groups excluding carboxylic acids is 1. The Morgan fingerprint density at radius 2 is 1.81 bits per heavy atom. The number of halogens is 1. The molecule has 1 atom stereocenters. The lowest BCUT2D eigenvalue weighted by Crippen LogP contribution is -2.38. The second kappa shape index (κ2) is 8.52. The monoisotopic (exact) mass is 444 g/mol. The van der Waals surface area contributed by atoms with Gasteiger partial charge in [-0.3, -0.25) is 4.79 Å². The van der Waals surface area contributed by atoms with Crippen molar-refractivity contribution in [3.63, 3.8) is 0 Å². The number of benzene rings is 1. The first kappa shape index (κ1) is 21.7. The molecule has 0 bridgehead atoms. The number of hydrogen-bond acceptors (Lipinski definition) is 7. The Morgan fingerprint density at radius 3 is 2.44 bits per heavy atom. The zero-order valence-corrected chi connectivity index (χ0v) is 18.4. The number of aryl methyl sites for hydroxylation is 1. The fourth-order valence-electron chi connectivity index (χ4n) is 4.12. The fraction of sp³-hybridized carbons (Fsp3) is 0.409. The number of rotatable bonds is 5. The molecule has 1 unspecified atom stereocenters. The van der Waals surface area contributed by atoms with Gasteiger partial charge in [0.15, 0.2) is 17.1 Å². The van der Waals surface area contributed by atoms with Crippen molar-refractivity contribution in [3.05, 3.63) is 41.0 Å². The predicted octanol–water partition coefficient (Wildman–Crippen LogP) is 3.28. The van der Waals surface area contributed by atoms with Crippen LogP contribution in [0.4, 0.5) is 4.39 Å². The van der Waals surface area contributed by atoms with Gasteiger partial charge in [0.2, 0.25) is 11.6 Å². The highest BCUT2D eigenvalue weighted by Crippen LogP contribution is 2.40. The van der Waals surface area contributed by atoms with Crippen LogP contribution in [-0.4, -0.2) is 58.4 Å². The van der Waals surface area contributed by atoms with E-state index in [4.69, 9.17) is 14.2 Å². The molecule has 0 radical (unpaired) electrons. The minimum absolute atomic E-state index is 0.0791. The number of aromatic hydroxyl groups is 1. The van der Waals surface area contributed by atoms with Crippen molar-refractivity contribution in [2.45, 2.75) is 32.2 Å². The lowest BCUT2D eigenvalue weighted by Gasteiger charge is -2.35. The number of amides is 1. The SMILES string of the molecule is COc1cc(C(=O)N2CCCCC2c2cc3nc(C)c(F)c(O)n3n2)cc(OC)c1OC. The molecule has 1 N–H and O–H groups in total. The van der Waals surface area contributed by atoms with Crippen LogP contribution in [0.3, 0.4) is 0 Å².